The molecule has 0 heterocycles. The molecule has 0 spiro atoms. The van der Waals surface area contributed by atoms with Crippen LogP contribution < -0.4 is 0 Å². The maximum atomic E-state index is 11.2. The summed E-state index contributed by atoms with van der Waals surface area (Å²) in [4.78, 5) is -0.283. The first kappa shape index (κ1) is 23.6. The summed E-state index contributed by atoms with van der Waals surface area (Å²) in [6, 6.07) is 27.6. The van der Waals surface area contributed by atoms with Gasteiger partial charge in [0.25, 0.3) is 20.2 Å². The molecule has 0 unspecified atom stereocenters. The van der Waals surface area contributed by atoms with Gasteiger partial charge < -0.3 is 0 Å². The zero-order valence-electron chi connectivity index (χ0n) is 17.7. The fourth-order valence-corrected chi connectivity index (χ4v) is 4.36. The van der Waals surface area contributed by atoms with Gasteiger partial charge >= 0.3 is 0 Å². The lowest BCUT2D eigenvalue weighted by atomic mass is 10.0. The molecule has 0 saturated carbocycles. The molecule has 0 bridgehead atoms. The molecule has 4 aromatic carbocycles. The van der Waals surface area contributed by atoms with Crippen molar-refractivity contribution in [2.75, 3.05) is 0 Å². The fourth-order valence-electron chi connectivity index (χ4n) is 3.40. The van der Waals surface area contributed by atoms with Crippen molar-refractivity contribution in [3.63, 3.8) is 0 Å². The van der Waals surface area contributed by atoms with Gasteiger partial charge in [-0.15, -0.1) is 0 Å². The van der Waals surface area contributed by atoms with E-state index >= 15 is 0 Å². The summed E-state index contributed by atoms with van der Waals surface area (Å²) in [5, 5.41) is 0. The first-order valence-corrected chi connectivity index (χ1v) is 13.0. The maximum absolute atomic E-state index is 11.2. The van der Waals surface area contributed by atoms with E-state index in [-0.39, 0.29) is 9.79 Å². The summed E-state index contributed by atoms with van der Waals surface area (Å²) < 4.78 is 62.9. The topological polar surface area (TPSA) is 109 Å². The zero-order chi connectivity index (χ0) is 24.3. The SMILES string of the molecule is O=S(=O)(O)c1ccc(-c2ccc(/C=C/c3ccc(-c4ccc(S(=O)(=O)O)cc4)cc3)cc2)cc1. The minimum Gasteiger partial charge on any atom is -0.282 e. The molecule has 8 heteroatoms. The molecule has 0 saturated heterocycles. The predicted octanol–water partition coefficient (Wildman–Crippen LogP) is 5.68. The van der Waals surface area contributed by atoms with Gasteiger partial charge in [0, 0.05) is 0 Å². The quantitative estimate of drug-likeness (QED) is 0.265. The van der Waals surface area contributed by atoms with E-state index in [1.54, 1.807) is 24.3 Å². The van der Waals surface area contributed by atoms with Gasteiger partial charge in [-0.1, -0.05) is 84.9 Å². The Kier molecular flexibility index (Phi) is 6.49. The van der Waals surface area contributed by atoms with Crippen molar-refractivity contribution in [2.24, 2.45) is 0 Å². The van der Waals surface area contributed by atoms with Crippen LogP contribution in [0.5, 0.6) is 0 Å². The lowest BCUT2D eigenvalue weighted by Crippen LogP contribution is -1.97. The average Bonchev–Trinajstić information content (AvgIpc) is 2.82. The number of hydrogen-bond donors (Lipinski definition) is 2. The maximum Gasteiger partial charge on any atom is 0.294 e. The van der Waals surface area contributed by atoms with E-state index in [0.717, 1.165) is 33.4 Å². The molecule has 0 radical (unpaired) electrons. The number of benzene rings is 4. The highest BCUT2D eigenvalue weighted by molar-refractivity contribution is 7.86. The van der Waals surface area contributed by atoms with Crippen molar-refractivity contribution in [3.05, 3.63) is 108 Å². The van der Waals surface area contributed by atoms with E-state index < -0.39 is 20.2 Å². The van der Waals surface area contributed by atoms with Gasteiger partial charge in [-0.05, 0) is 57.6 Å². The molecule has 2 N–H and O–H groups in total. The lowest BCUT2D eigenvalue weighted by molar-refractivity contribution is 0.481. The van der Waals surface area contributed by atoms with Crippen molar-refractivity contribution in [3.8, 4) is 22.3 Å². The van der Waals surface area contributed by atoms with E-state index in [1.807, 2.05) is 60.7 Å². The summed E-state index contributed by atoms with van der Waals surface area (Å²) in [6.07, 6.45) is 3.95. The van der Waals surface area contributed by atoms with E-state index in [4.69, 9.17) is 9.11 Å². The van der Waals surface area contributed by atoms with Gasteiger partial charge in [-0.3, -0.25) is 9.11 Å². The Balaban J connectivity index is 1.44. The number of rotatable bonds is 6. The third-order valence-electron chi connectivity index (χ3n) is 5.26. The molecule has 34 heavy (non-hydrogen) atoms. The van der Waals surface area contributed by atoms with Crippen LogP contribution in [0.4, 0.5) is 0 Å². The van der Waals surface area contributed by atoms with Crippen LogP contribution >= 0.6 is 0 Å². The second-order valence-electron chi connectivity index (χ2n) is 7.58. The molecule has 0 aliphatic carbocycles. The molecule has 0 fully saturated rings. The Bertz CT molecular complexity index is 1410. The molecule has 0 aliphatic rings. The molecule has 0 aliphatic heterocycles. The number of hydrogen-bond acceptors (Lipinski definition) is 4. The van der Waals surface area contributed by atoms with Crippen LogP contribution in [0.15, 0.2) is 107 Å². The fraction of sp³-hybridized carbons (Fsp3) is 0. The largest absolute Gasteiger partial charge is 0.294 e. The van der Waals surface area contributed by atoms with Gasteiger partial charge in [0.15, 0.2) is 0 Å². The molecule has 6 nitrogen and oxygen atoms in total. The molecule has 4 rings (SSSR count). The van der Waals surface area contributed by atoms with Crippen molar-refractivity contribution in [1.82, 2.24) is 0 Å². The highest BCUT2D eigenvalue weighted by atomic mass is 32.2. The van der Waals surface area contributed by atoms with Gasteiger partial charge in [0.2, 0.25) is 0 Å². The first-order chi connectivity index (χ1) is 16.1. The van der Waals surface area contributed by atoms with Crippen LogP contribution in [0, 0.1) is 0 Å². The molecular formula is C26H20O6S2. The monoisotopic (exact) mass is 492 g/mol. The zero-order valence-corrected chi connectivity index (χ0v) is 19.4. The van der Waals surface area contributed by atoms with E-state index in [9.17, 15) is 16.8 Å². The highest BCUT2D eigenvalue weighted by Gasteiger charge is 2.10. The Labute approximate surface area is 198 Å². The Morgan fingerprint density at radius 2 is 0.647 bits per heavy atom. The normalized spacial score (nSPS) is 12.2. The van der Waals surface area contributed by atoms with Crippen LogP contribution in [0.2, 0.25) is 0 Å². The van der Waals surface area contributed by atoms with Gasteiger partial charge in [-0.2, -0.15) is 16.8 Å². The van der Waals surface area contributed by atoms with Gasteiger partial charge in [0.05, 0.1) is 9.79 Å². The van der Waals surface area contributed by atoms with E-state index in [2.05, 4.69) is 0 Å². The van der Waals surface area contributed by atoms with Crippen LogP contribution in [0.25, 0.3) is 34.4 Å². The van der Waals surface area contributed by atoms with Crippen LogP contribution in [0.1, 0.15) is 11.1 Å². The second-order valence-corrected chi connectivity index (χ2v) is 10.4. The van der Waals surface area contributed by atoms with Crippen LogP contribution in [0.3, 0.4) is 0 Å². The van der Waals surface area contributed by atoms with Gasteiger partial charge in [0.1, 0.15) is 0 Å². The summed E-state index contributed by atoms with van der Waals surface area (Å²) in [5.74, 6) is 0. The summed E-state index contributed by atoms with van der Waals surface area (Å²) in [6.45, 7) is 0. The predicted molar refractivity (Wildman–Crippen MR) is 132 cm³/mol. The summed E-state index contributed by atoms with van der Waals surface area (Å²) >= 11 is 0. The molecule has 0 atom stereocenters. The Hall–Kier alpha value is -3.56. The minimum atomic E-state index is -4.21. The minimum absolute atomic E-state index is 0.142. The standard InChI is InChI=1S/C26H20O6S2/c27-33(28,29)25-15-11-23(12-16-25)21-7-3-19(4-8-21)1-2-20-5-9-22(10-6-20)24-13-17-26(18-14-24)34(30,31)32/h1-18H,(H,27,28,29)(H,30,31,32)/b2-1+. The highest BCUT2D eigenvalue weighted by Crippen LogP contribution is 2.24. The second kappa shape index (κ2) is 9.36. The van der Waals surface area contributed by atoms with Crippen LogP contribution in [-0.2, 0) is 20.2 Å². The molecule has 172 valence electrons. The third-order valence-corrected chi connectivity index (χ3v) is 7.00. The smallest absolute Gasteiger partial charge is 0.282 e. The third kappa shape index (κ3) is 5.67. The molecule has 0 aromatic heterocycles. The van der Waals surface area contributed by atoms with Crippen molar-refractivity contribution >= 4 is 32.4 Å². The first-order valence-electron chi connectivity index (χ1n) is 10.1. The van der Waals surface area contributed by atoms with E-state index in [1.165, 1.54) is 24.3 Å². The van der Waals surface area contributed by atoms with Gasteiger partial charge in [-0.25, -0.2) is 0 Å². The Morgan fingerprint density at radius 3 is 0.882 bits per heavy atom. The van der Waals surface area contributed by atoms with E-state index in [0.29, 0.717) is 0 Å². The van der Waals surface area contributed by atoms with Crippen molar-refractivity contribution in [1.29, 1.82) is 0 Å². The van der Waals surface area contributed by atoms with Crippen molar-refractivity contribution in [2.45, 2.75) is 9.79 Å². The Morgan fingerprint density at radius 1 is 0.412 bits per heavy atom. The summed E-state index contributed by atoms with van der Waals surface area (Å²) in [5.41, 5.74) is 5.49. The van der Waals surface area contributed by atoms with Crippen LogP contribution in [-0.4, -0.2) is 25.9 Å². The van der Waals surface area contributed by atoms with Crippen molar-refractivity contribution < 1.29 is 25.9 Å². The molecule has 0 amide bonds. The lowest BCUT2D eigenvalue weighted by Gasteiger charge is -2.05. The molecule has 4 aromatic rings. The average molecular weight is 493 g/mol. The molecular weight excluding hydrogens is 472 g/mol. The summed E-state index contributed by atoms with van der Waals surface area (Å²) in [7, 11) is -8.42.